The first-order valence-electron chi connectivity index (χ1n) is 10.6. The highest BCUT2D eigenvalue weighted by Gasteiger charge is 2.55. The summed E-state index contributed by atoms with van der Waals surface area (Å²) in [5, 5.41) is 0. The van der Waals surface area contributed by atoms with E-state index in [9.17, 15) is 18.4 Å². The Morgan fingerprint density at radius 1 is 1.10 bits per heavy atom. The molecule has 4 rings (SSSR count). The average molecular weight is 428 g/mol. The van der Waals surface area contributed by atoms with E-state index in [2.05, 4.69) is 0 Å². The van der Waals surface area contributed by atoms with E-state index in [1.165, 1.54) is 4.90 Å². The zero-order valence-corrected chi connectivity index (χ0v) is 17.4. The van der Waals surface area contributed by atoms with Crippen LogP contribution in [0.3, 0.4) is 0 Å². The Balaban J connectivity index is 1.79. The van der Waals surface area contributed by atoms with Gasteiger partial charge in [0.1, 0.15) is 23.4 Å². The summed E-state index contributed by atoms with van der Waals surface area (Å²) in [6.07, 6.45) is 4.89. The van der Waals surface area contributed by atoms with Crippen molar-refractivity contribution in [1.29, 1.82) is 0 Å². The lowest BCUT2D eigenvalue weighted by Gasteiger charge is -2.44. The third-order valence-electron chi connectivity index (χ3n) is 6.66. The molecule has 0 aromatic heterocycles. The van der Waals surface area contributed by atoms with E-state index in [1.807, 2.05) is 12.1 Å². The molecule has 2 fully saturated rings. The topological polar surface area (TPSA) is 72.6 Å². The molecule has 2 amide bonds. The number of primary amides is 1. The number of nitrogens with two attached hydrogens (primary N) is 1. The molecule has 2 aliphatic rings. The number of hydrogen-bond donors (Lipinski definition) is 1. The molecule has 1 spiro atoms. The molecule has 1 heterocycles. The Morgan fingerprint density at radius 2 is 1.71 bits per heavy atom. The van der Waals surface area contributed by atoms with Crippen LogP contribution in [-0.2, 0) is 9.59 Å². The lowest BCUT2D eigenvalue weighted by molar-refractivity contribution is -0.143. The number of ether oxygens (including phenoxy) is 1. The van der Waals surface area contributed by atoms with Crippen LogP contribution in [0, 0.1) is 11.6 Å². The molecule has 2 aromatic carbocycles. The zero-order valence-electron chi connectivity index (χ0n) is 17.4. The van der Waals surface area contributed by atoms with Crippen LogP contribution < -0.4 is 10.5 Å². The van der Waals surface area contributed by atoms with Gasteiger partial charge in [-0.05, 0) is 54.7 Å². The van der Waals surface area contributed by atoms with Gasteiger partial charge in [-0.1, -0.05) is 31.4 Å². The molecule has 2 aromatic rings. The number of carbonyl (C=O) groups excluding carboxylic acids is 2. The zero-order chi connectivity index (χ0) is 22.2. The van der Waals surface area contributed by atoms with Gasteiger partial charge in [0.05, 0.1) is 13.0 Å². The van der Waals surface area contributed by atoms with Gasteiger partial charge >= 0.3 is 0 Å². The first-order valence-corrected chi connectivity index (χ1v) is 10.6. The molecular weight excluding hydrogens is 402 g/mol. The van der Waals surface area contributed by atoms with Crippen LogP contribution in [-0.4, -0.2) is 29.4 Å². The predicted molar refractivity (Wildman–Crippen MR) is 111 cm³/mol. The van der Waals surface area contributed by atoms with Crippen molar-refractivity contribution in [3.63, 3.8) is 0 Å². The highest BCUT2D eigenvalue weighted by molar-refractivity contribution is 5.93. The van der Waals surface area contributed by atoms with Crippen molar-refractivity contribution in [3.8, 4) is 5.75 Å². The number of rotatable bonds is 5. The minimum Gasteiger partial charge on any atom is -0.497 e. The number of benzene rings is 2. The molecule has 1 aliphatic carbocycles. The standard InChI is InChI=1S/C24H26F2N2O3/c1-31-19-7-5-15(6-8-19)20-14-24(9-3-2-4-10-24)28(23(20)30)21(22(27)29)16-11-17(25)13-18(26)12-16/h5-8,11-13,20-21H,2-4,9-10,14H2,1H3,(H2,27,29). The summed E-state index contributed by atoms with van der Waals surface area (Å²) in [5.74, 6) is -2.42. The lowest BCUT2D eigenvalue weighted by atomic mass is 9.76. The monoisotopic (exact) mass is 428 g/mol. The van der Waals surface area contributed by atoms with Gasteiger partial charge in [-0.25, -0.2) is 8.78 Å². The number of methoxy groups -OCH3 is 1. The SMILES string of the molecule is COc1ccc(C2CC3(CCCCC3)N(C(C(N)=O)c3cc(F)cc(F)c3)C2=O)cc1. The van der Waals surface area contributed by atoms with E-state index in [0.717, 1.165) is 55.9 Å². The normalized spacial score (nSPS) is 21.3. The molecule has 5 nitrogen and oxygen atoms in total. The Bertz CT molecular complexity index is 967. The second kappa shape index (κ2) is 8.29. The fourth-order valence-corrected chi connectivity index (χ4v) is 5.29. The smallest absolute Gasteiger partial charge is 0.244 e. The Morgan fingerprint density at radius 3 is 2.26 bits per heavy atom. The van der Waals surface area contributed by atoms with Gasteiger partial charge in [0.15, 0.2) is 0 Å². The number of carbonyl (C=O) groups is 2. The molecule has 31 heavy (non-hydrogen) atoms. The van der Waals surface area contributed by atoms with Crippen LogP contribution >= 0.6 is 0 Å². The van der Waals surface area contributed by atoms with E-state index >= 15 is 0 Å². The quantitative estimate of drug-likeness (QED) is 0.775. The van der Waals surface area contributed by atoms with Crippen LogP contribution in [0.1, 0.15) is 61.6 Å². The van der Waals surface area contributed by atoms with Crippen molar-refractivity contribution >= 4 is 11.8 Å². The van der Waals surface area contributed by atoms with Crippen molar-refractivity contribution in [1.82, 2.24) is 4.90 Å². The molecule has 1 saturated carbocycles. The highest BCUT2D eigenvalue weighted by atomic mass is 19.1. The van der Waals surface area contributed by atoms with Gasteiger partial charge in [-0.3, -0.25) is 9.59 Å². The van der Waals surface area contributed by atoms with Gasteiger partial charge in [-0.15, -0.1) is 0 Å². The summed E-state index contributed by atoms with van der Waals surface area (Å²) < 4.78 is 33.2. The van der Waals surface area contributed by atoms with Crippen molar-refractivity contribution < 1.29 is 23.1 Å². The number of likely N-dealkylation sites (tertiary alicyclic amines) is 1. The van der Waals surface area contributed by atoms with Gasteiger partial charge in [0.2, 0.25) is 11.8 Å². The van der Waals surface area contributed by atoms with E-state index in [4.69, 9.17) is 10.5 Å². The Labute approximate surface area is 180 Å². The van der Waals surface area contributed by atoms with Gasteiger partial charge in [-0.2, -0.15) is 0 Å². The molecule has 1 aliphatic heterocycles. The van der Waals surface area contributed by atoms with Crippen molar-refractivity contribution in [2.75, 3.05) is 7.11 Å². The third-order valence-corrected chi connectivity index (χ3v) is 6.66. The maximum Gasteiger partial charge on any atom is 0.244 e. The molecule has 2 atom stereocenters. The van der Waals surface area contributed by atoms with Crippen LogP contribution in [0.25, 0.3) is 0 Å². The number of nitrogens with zero attached hydrogens (tertiary/aromatic N) is 1. The summed E-state index contributed by atoms with van der Waals surface area (Å²) in [7, 11) is 1.57. The summed E-state index contributed by atoms with van der Waals surface area (Å²) in [5.41, 5.74) is 6.06. The number of halogens is 2. The van der Waals surface area contributed by atoms with E-state index in [0.29, 0.717) is 12.2 Å². The molecule has 0 bridgehead atoms. The lowest BCUT2D eigenvalue weighted by Crippen LogP contribution is -2.52. The van der Waals surface area contributed by atoms with E-state index in [-0.39, 0.29) is 11.5 Å². The molecule has 1 saturated heterocycles. The molecule has 164 valence electrons. The first kappa shape index (κ1) is 21.3. The fourth-order valence-electron chi connectivity index (χ4n) is 5.29. The summed E-state index contributed by atoms with van der Waals surface area (Å²) >= 11 is 0. The second-order valence-electron chi connectivity index (χ2n) is 8.53. The molecular formula is C24H26F2N2O3. The van der Waals surface area contributed by atoms with Crippen LogP contribution in [0.5, 0.6) is 5.75 Å². The van der Waals surface area contributed by atoms with Crippen LogP contribution in [0.15, 0.2) is 42.5 Å². The fraction of sp³-hybridized carbons (Fsp3) is 0.417. The highest BCUT2D eigenvalue weighted by Crippen LogP contribution is 2.51. The summed E-state index contributed by atoms with van der Waals surface area (Å²) in [6.45, 7) is 0. The van der Waals surface area contributed by atoms with Crippen LogP contribution in [0.4, 0.5) is 8.78 Å². The summed E-state index contributed by atoms with van der Waals surface area (Å²) in [6, 6.07) is 8.98. The first-order chi connectivity index (χ1) is 14.8. The van der Waals surface area contributed by atoms with Gasteiger partial charge in [0.25, 0.3) is 0 Å². The number of hydrogen-bond acceptors (Lipinski definition) is 3. The third kappa shape index (κ3) is 3.89. The largest absolute Gasteiger partial charge is 0.497 e. The van der Waals surface area contributed by atoms with Crippen molar-refractivity contribution in [2.24, 2.45) is 5.73 Å². The van der Waals surface area contributed by atoms with Crippen LogP contribution in [0.2, 0.25) is 0 Å². The van der Waals surface area contributed by atoms with E-state index < -0.39 is 35.0 Å². The van der Waals surface area contributed by atoms with Crippen molar-refractivity contribution in [2.45, 2.75) is 56.0 Å². The summed E-state index contributed by atoms with van der Waals surface area (Å²) in [4.78, 5) is 27.8. The second-order valence-corrected chi connectivity index (χ2v) is 8.53. The van der Waals surface area contributed by atoms with Crippen molar-refractivity contribution in [3.05, 3.63) is 65.2 Å². The number of amides is 2. The maximum atomic E-state index is 14.0. The molecule has 0 radical (unpaired) electrons. The van der Waals surface area contributed by atoms with Gasteiger partial charge < -0.3 is 15.4 Å². The molecule has 2 unspecified atom stereocenters. The average Bonchev–Trinajstić information content (AvgIpc) is 3.00. The van der Waals surface area contributed by atoms with Gasteiger partial charge in [0, 0.05) is 11.6 Å². The Kier molecular flexibility index (Phi) is 5.69. The predicted octanol–water partition coefficient (Wildman–Crippen LogP) is 4.22. The molecule has 2 N–H and O–H groups in total. The van der Waals surface area contributed by atoms with E-state index in [1.54, 1.807) is 19.2 Å². The maximum absolute atomic E-state index is 14.0. The Hall–Kier alpha value is -2.96. The minimum atomic E-state index is -1.22. The minimum absolute atomic E-state index is 0.0682. The molecule has 7 heteroatoms.